The van der Waals surface area contributed by atoms with Gasteiger partial charge in [0, 0.05) is 12.6 Å². The minimum atomic E-state index is -0.461. The molecule has 0 spiro atoms. The third-order valence-corrected chi connectivity index (χ3v) is 3.83. The molecular weight excluding hydrogens is 300 g/mol. The van der Waals surface area contributed by atoms with Crippen LogP contribution < -0.4 is 5.32 Å². The van der Waals surface area contributed by atoms with E-state index in [2.05, 4.69) is 22.4 Å². The van der Waals surface area contributed by atoms with Crippen LogP contribution >= 0.6 is 22.9 Å². The molecule has 2 aromatic rings. The zero-order valence-electron chi connectivity index (χ0n) is 10.8. The topological polar surface area (TPSA) is 81.0 Å². The molecule has 0 unspecified atom stereocenters. The van der Waals surface area contributed by atoms with Crippen LogP contribution in [-0.4, -0.2) is 21.7 Å². The van der Waals surface area contributed by atoms with Gasteiger partial charge in [-0.3, -0.25) is 10.1 Å². The Hall–Kier alpha value is -1.57. The van der Waals surface area contributed by atoms with Gasteiger partial charge in [0.15, 0.2) is 5.01 Å². The number of nitrogens with zero attached hydrogens (tertiary/aromatic N) is 3. The zero-order valence-corrected chi connectivity index (χ0v) is 12.4. The van der Waals surface area contributed by atoms with Gasteiger partial charge >= 0.3 is 0 Å². The number of nitro benzene ring substituents is 1. The largest absolute Gasteiger partial charge is 0.310 e. The predicted molar refractivity (Wildman–Crippen MR) is 79.0 cm³/mol. The van der Waals surface area contributed by atoms with Crippen molar-refractivity contribution >= 4 is 28.6 Å². The molecule has 8 heteroatoms. The fourth-order valence-corrected chi connectivity index (χ4v) is 2.87. The molecule has 1 aromatic carbocycles. The molecule has 0 aliphatic rings. The lowest BCUT2D eigenvalue weighted by Gasteiger charge is -2.00. The van der Waals surface area contributed by atoms with Gasteiger partial charge in [0.25, 0.3) is 5.69 Å². The number of aromatic nitrogens is 2. The van der Waals surface area contributed by atoms with Gasteiger partial charge in [0.1, 0.15) is 10.6 Å². The van der Waals surface area contributed by atoms with Crippen molar-refractivity contribution in [1.29, 1.82) is 0 Å². The first-order valence-electron chi connectivity index (χ1n) is 6.09. The highest BCUT2D eigenvalue weighted by molar-refractivity contribution is 7.14. The predicted octanol–water partition coefficient (Wildman–Crippen LogP) is 3.27. The minimum absolute atomic E-state index is 0.0540. The first-order chi connectivity index (χ1) is 9.63. The van der Waals surface area contributed by atoms with E-state index < -0.39 is 4.92 Å². The van der Waals surface area contributed by atoms with Gasteiger partial charge in [-0.2, -0.15) is 0 Å². The van der Waals surface area contributed by atoms with Crippen molar-refractivity contribution in [3.05, 3.63) is 38.3 Å². The smallest absolute Gasteiger partial charge is 0.281 e. The van der Waals surface area contributed by atoms with Crippen LogP contribution in [0.4, 0.5) is 5.69 Å². The minimum Gasteiger partial charge on any atom is -0.310 e. The lowest BCUT2D eigenvalue weighted by molar-refractivity contribution is -0.384. The summed E-state index contributed by atoms with van der Waals surface area (Å²) in [6.45, 7) is 3.57. The van der Waals surface area contributed by atoms with Gasteiger partial charge in [-0.15, -0.1) is 10.2 Å². The van der Waals surface area contributed by atoms with Crippen molar-refractivity contribution in [2.75, 3.05) is 6.54 Å². The van der Waals surface area contributed by atoms with Crippen LogP contribution in [0.15, 0.2) is 18.2 Å². The second-order valence-electron chi connectivity index (χ2n) is 4.07. The molecule has 2 rings (SSSR count). The lowest BCUT2D eigenvalue weighted by Crippen LogP contribution is -2.13. The molecule has 6 nitrogen and oxygen atoms in total. The van der Waals surface area contributed by atoms with Crippen LogP contribution in [0.25, 0.3) is 10.6 Å². The molecule has 0 bridgehead atoms. The molecule has 0 radical (unpaired) electrons. The van der Waals surface area contributed by atoms with Crippen LogP contribution in [0.3, 0.4) is 0 Å². The average Bonchev–Trinajstić information content (AvgIpc) is 2.87. The number of hydrogen-bond donors (Lipinski definition) is 1. The third-order valence-electron chi connectivity index (χ3n) is 2.57. The Kier molecular flexibility index (Phi) is 4.99. The van der Waals surface area contributed by atoms with Gasteiger partial charge in [-0.05, 0) is 19.0 Å². The van der Waals surface area contributed by atoms with Crippen molar-refractivity contribution in [2.24, 2.45) is 0 Å². The third kappa shape index (κ3) is 3.30. The molecule has 0 atom stereocenters. The summed E-state index contributed by atoms with van der Waals surface area (Å²) in [6.07, 6.45) is 1.03. The highest BCUT2D eigenvalue weighted by atomic mass is 35.5. The summed E-state index contributed by atoms with van der Waals surface area (Å²) in [6, 6.07) is 4.58. The summed E-state index contributed by atoms with van der Waals surface area (Å²) in [7, 11) is 0. The summed E-state index contributed by atoms with van der Waals surface area (Å²) in [4.78, 5) is 10.6. The summed E-state index contributed by atoms with van der Waals surface area (Å²) in [5.41, 5.74) is 0.278. The van der Waals surface area contributed by atoms with E-state index in [9.17, 15) is 10.1 Å². The van der Waals surface area contributed by atoms with Crippen LogP contribution in [0, 0.1) is 10.1 Å². The summed E-state index contributed by atoms with van der Waals surface area (Å²) in [5.74, 6) is 0. The Morgan fingerprint density at radius 3 is 2.95 bits per heavy atom. The van der Waals surface area contributed by atoms with E-state index in [4.69, 9.17) is 11.6 Å². The first kappa shape index (κ1) is 14.8. The van der Waals surface area contributed by atoms with Gasteiger partial charge in [-0.25, -0.2) is 0 Å². The molecule has 20 heavy (non-hydrogen) atoms. The second kappa shape index (κ2) is 6.74. The quantitative estimate of drug-likeness (QED) is 0.503. The van der Waals surface area contributed by atoms with E-state index in [0.29, 0.717) is 22.1 Å². The van der Waals surface area contributed by atoms with E-state index >= 15 is 0 Å². The number of halogens is 1. The number of nitrogens with one attached hydrogen (secondary N) is 1. The summed E-state index contributed by atoms with van der Waals surface area (Å²) >= 11 is 7.37. The van der Waals surface area contributed by atoms with Crippen LogP contribution in [-0.2, 0) is 6.54 Å². The number of nitro groups is 1. The number of benzene rings is 1. The summed E-state index contributed by atoms with van der Waals surface area (Å²) < 4.78 is 0. The number of hydrogen-bond acceptors (Lipinski definition) is 6. The normalized spacial score (nSPS) is 10.7. The maximum absolute atomic E-state index is 11.1. The van der Waals surface area contributed by atoms with E-state index in [0.717, 1.165) is 18.0 Å². The molecular formula is C12H13ClN4O2S. The van der Waals surface area contributed by atoms with E-state index in [1.54, 1.807) is 12.1 Å². The molecule has 106 valence electrons. The molecule has 0 saturated heterocycles. The fourth-order valence-electron chi connectivity index (χ4n) is 1.67. The first-order valence-corrected chi connectivity index (χ1v) is 7.29. The van der Waals surface area contributed by atoms with Crippen LogP contribution in [0.5, 0.6) is 0 Å². The molecule has 0 fully saturated rings. The van der Waals surface area contributed by atoms with Gasteiger partial charge < -0.3 is 5.32 Å². The van der Waals surface area contributed by atoms with E-state index in [1.807, 2.05) is 0 Å². The van der Waals surface area contributed by atoms with Crippen LogP contribution in [0.1, 0.15) is 18.4 Å². The SMILES string of the molecule is CCCNCc1nnc(-c2c(Cl)cccc2[N+](=O)[O-])s1. The molecule has 1 heterocycles. The second-order valence-corrected chi connectivity index (χ2v) is 5.54. The van der Waals surface area contributed by atoms with Crippen molar-refractivity contribution in [3.63, 3.8) is 0 Å². The maximum Gasteiger partial charge on any atom is 0.281 e. The molecule has 1 aromatic heterocycles. The Labute approximate surface area is 125 Å². The number of rotatable bonds is 6. The molecule has 0 saturated carbocycles. The lowest BCUT2D eigenvalue weighted by atomic mass is 10.2. The average molecular weight is 313 g/mol. The Morgan fingerprint density at radius 1 is 1.45 bits per heavy atom. The Bertz CT molecular complexity index is 617. The van der Waals surface area contributed by atoms with Crippen molar-refractivity contribution in [2.45, 2.75) is 19.9 Å². The highest BCUT2D eigenvalue weighted by Crippen LogP contribution is 2.37. The van der Waals surface area contributed by atoms with Gasteiger partial charge in [0.05, 0.1) is 9.95 Å². The molecule has 1 N–H and O–H groups in total. The van der Waals surface area contributed by atoms with Crippen molar-refractivity contribution < 1.29 is 4.92 Å². The monoisotopic (exact) mass is 312 g/mol. The highest BCUT2D eigenvalue weighted by Gasteiger charge is 2.21. The molecule has 0 aliphatic heterocycles. The van der Waals surface area contributed by atoms with E-state index in [1.165, 1.54) is 17.4 Å². The van der Waals surface area contributed by atoms with E-state index in [-0.39, 0.29) is 5.69 Å². The standard InChI is InChI=1S/C12H13ClN4O2S/c1-2-6-14-7-10-15-16-12(20-10)11-8(13)4-3-5-9(11)17(18)19/h3-5,14H,2,6-7H2,1H3. The zero-order chi connectivity index (χ0) is 14.5. The van der Waals surface area contributed by atoms with Crippen LogP contribution in [0.2, 0.25) is 5.02 Å². The van der Waals surface area contributed by atoms with Crippen molar-refractivity contribution in [1.82, 2.24) is 15.5 Å². The van der Waals surface area contributed by atoms with Gasteiger partial charge in [-0.1, -0.05) is 35.9 Å². The van der Waals surface area contributed by atoms with Crippen molar-refractivity contribution in [3.8, 4) is 10.6 Å². The summed E-state index contributed by atoms with van der Waals surface area (Å²) in [5, 5.41) is 23.9. The van der Waals surface area contributed by atoms with Gasteiger partial charge in [0.2, 0.25) is 0 Å². The Morgan fingerprint density at radius 2 is 2.25 bits per heavy atom. The Balaban J connectivity index is 2.30. The molecule has 0 amide bonds. The maximum atomic E-state index is 11.1. The fraction of sp³-hybridized carbons (Fsp3) is 0.333. The molecule has 0 aliphatic carbocycles.